The van der Waals surface area contributed by atoms with Crippen molar-refractivity contribution in [3.63, 3.8) is 0 Å². The number of aromatic nitrogens is 2. The molecule has 0 amide bonds. The van der Waals surface area contributed by atoms with Crippen LogP contribution in [0.15, 0.2) is 23.4 Å². The SMILES string of the molecule is COC1CC(n2c(SCC(=O)O)nc3cccc(C)c32)C1. The van der Waals surface area contributed by atoms with E-state index in [4.69, 9.17) is 9.84 Å². The van der Waals surface area contributed by atoms with Crippen LogP contribution in [0.3, 0.4) is 0 Å². The van der Waals surface area contributed by atoms with Crippen LogP contribution in [0, 0.1) is 6.92 Å². The first-order valence-corrected chi connectivity index (χ1v) is 7.93. The lowest BCUT2D eigenvalue weighted by molar-refractivity contribution is -0.133. The molecule has 3 rings (SSSR count). The summed E-state index contributed by atoms with van der Waals surface area (Å²) >= 11 is 1.29. The van der Waals surface area contributed by atoms with Gasteiger partial charge in [0.1, 0.15) is 0 Å². The Kier molecular flexibility index (Phi) is 3.91. The van der Waals surface area contributed by atoms with Crippen LogP contribution in [0.25, 0.3) is 11.0 Å². The quantitative estimate of drug-likeness (QED) is 0.861. The zero-order chi connectivity index (χ0) is 15.0. The van der Waals surface area contributed by atoms with Gasteiger partial charge < -0.3 is 14.4 Å². The van der Waals surface area contributed by atoms with Crippen LogP contribution >= 0.6 is 11.8 Å². The monoisotopic (exact) mass is 306 g/mol. The summed E-state index contributed by atoms with van der Waals surface area (Å²) in [4.78, 5) is 15.5. The van der Waals surface area contributed by atoms with Gasteiger partial charge in [-0.2, -0.15) is 0 Å². The molecule has 1 saturated carbocycles. The maximum atomic E-state index is 10.8. The molecule has 1 aromatic carbocycles. The number of carbonyl (C=O) groups is 1. The zero-order valence-corrected chi connectivity index (χ0v) is 12.9. The third kappa shape index (κ3) is 2.65. The summed E-state index contributed by atoms with van der Waals surface area (Å²) in [6.07, 6.45) is 2.21. The number of rotatable bonds is 5. The fourth-order valence-corrected chi connectivity index (χ4v) is 3.60. The zero-order valence-electron chi connectivity index (χ0n) is 12.1. The van der Waals surface area contributed by atoms with E-state index in [1.54, 1.807) is 7.11 Å². The van der Waals surface area contributed by atoms with Crippen LogP contribution in [-0.4, -0.2) is 39.6 Å². The van der Waals surface area contributed by atoms with Crippen molar-refractivity contribution in [1.29, 1.82) is 0 Å². The van der Waals surface area contributed by atoms with Gasteiger partial charge in [0.25, 0.3) is 0 Å². The smallest absolute Gasteiger partial charge is 0.313 e. The molecular formula is C15H18N2O3S. The molecule has 1 heterocycles. The molecule has 1 aliphatic rings. The second-order valence-corrected chi connectivity index (χ2v) is 6.31. The average Bonchev–Trinajstić information content (AvgIpc) is 2.75. The van der Waals surface area contributed by atoms with Crippen LogP contribution in [0.2, 0.25) is 0 Å². The van der Waals surface area contributed by atoms with Crippen molar-refractivity contribution >= 4 is 28.8 Å². The molecule has 112 valence electrons. The number of carboxylic acid groups (broad SMARTS) is 1. The Bertz CT molecular complexity index is 677. The summed E-state index contributed by atoms with van der Waals surface area (Å²) in [6, 6.07) is 6.38. The maximum absolute atomic E-state index is 10.8. The summed E-state index contributed by atoms with van der Waals surface area (Å²) in [5, 5.41) is 9.70. The number of methoxy groups -OCH3 is 1. The van der Waals surface area contributed by atoms with E-state index >= 15 is 0 Å². The van der Waals surface area contributed by atoms with Gasteiger partial charge in [-0.3, -0.25) is 4.79 Å². The molecule has 0 aliphatic heterocycles. The standard InChI is InChI=1S/C15H18N2O3S/c1-9-4-3-5-12-14(9)17(10-6-11(7-10)20-2)15(16-12)21-8-13(18)19/h3-5,10-11H,6-8H2,1-2H3,(H,18,19). The highest BCUT2D eigenvalue weighted by atomic mass is 32.2. The Hall–Kier alpha value is -1.53. The number of nitrogens with zero attached hydrogens (tertiary/aromatic N) is 2. The molecular weight excluding hydrogens is 288 g/mol. The van der Waals surface area contributed by atoms with Gasteiger partial charge in [-0.25, -0.2) is 4.98 Å². The highest BCUT2D eigenvalue weighted by Gasteiger charge is 2.33. The minimum absolute atomic E-state index is 0.0306. The molecule has 0 unspecified atom stereocenters. The first-order chi connectivity index (χ1) is 10.1. The normalized spacial score (nSPS) is 21.4. The molecule has 5 nitrogen and oxygen atoms in total. The number of aliphatic carboxylic acids is 1. The number of benzene rings is 1. The maximum Gasteiger partial charge on any atom is 0.313 e. The van der Waals surface area contributed by atoms with E-state index < -0.39 is 5.97 Å². The first kappa shape index (κ1) is 14.4. The number of thioether (sulfide) groups is 1. The summed E-state index contributed by atoms with van der Waals surface area (Å²) in [7, 11) is 1.73. The molecule has 1 aromatic heterocycles. The predicted molar refractivity (Wildman–Crippen MR) is 81.9 cm³/mol. The van der Waals surface area contributed by atoms with Gasteiger partial charge in [0.15, 0.2) is 5.16 Å². The van der Waals surface area contributed by atoms with Gasteiger partial charge in [0.05, 0.1) is 22.9 Å². The van der Waals surface area contributed by atoms with E-state index in [0.29, 0.717) is 12.1 Å². The van der Waals surface area contributed by atoms with E-state index in [2.05, 4.69) is 22.5 Å². The molecule has 6 heteroatoms. The second-order valence-electron chi connectivity index (χ2n) is 5.37. The lowest BCUT2D eigenvalue weighted by atomic mass is 9.89. The van der Waals surface area contributed by atoms with E-state index in [1.807, 2.05) is 12.1 Å². The Balaban J connectivity index is 2.00. The molecule has 2 aromatic rings. The molecule has 1 fully saturated rings. The molecule has 0 saturated heterocycles. The highest BCUT2D eigenvalue weighted by Crippen LogP contribution is 2.40. The lowest BCUT2D eigenvalue weighted by Gasteiger charge is -2.36. The van der Waals surface area contributed by atoms with Gasteiger partial charge in [-0.1, -0.05) is 23.9 Å². The minimum atomic E-state index is -0.821. The number of aryl methyl sites for hydroxylation is 1. The van der Waals surface area contributed by atoms with Crippen LogP contribution in [0.4, 0.5) is 0 Å². The summed E-state index contributed by atoms with van der Waals surface area (Å²) in [6.45, 7) is 2.07. The van der Waals surface area contributed by atoms with Gasteiger partial charge in [-0.15, -0.1) is 0 Å². The van der Waals surface area contributed by atoms with Crippen molar-refractivity contribution in [2.45, 2.75) is 37.1 Å². The predicted octanol–water partition coefficient (Wildman–Crippen LogP) is 2.87. The van der Waals surface area contributed by atoms with Crippen molar-refractivity contribution in [1.82, 2.24) is 9.55 Å². The Morgan fingerprint density at radius 2 is 2.29 bits per heavy atom. The van der Waals surface area contributed by atoms with Crippen molar-refractivity contribution in [2.75, 3.05) is 12.9 Å². The molecule has 0 spiro atoms. The lowest BCUT2D eigenvalue weighted by Crippen LogP contribution is -2.33. The van der Waals surface area contributed by atoms with Crippen molar-refractivity contribution < 1.29 is 14.6 Å². The summed E-state index contributed by atoms with van der Waals surface area (Å²) in [5.41, 5.74) is 3.22. The van der Waals surface area contributed by atoms with Crippen molar-refractivity contribution in [3.8, 4) is 0 Å². The number of hydrogen-bond donors (Lipinski definition) is 1. The number of ether oxygens (including phenoxy) is 1. The molecule has 0 bridgehead atoms. The molecule has 1 aliphatic carbocycles. The van der Waals surface area contributed by atoms with Gasteiger partial charge >= 0.3 is 5.97 Å². The average molecular weight is 306 g/mol. The first-order valence-electron chi connectivity index (χ1n) is 6.95. The van der Waals surface area contributed by atoms with Crippen LogP contribution in [0.5, 0.6) is 0 Å². The van der Waals surface area contributed by atoms with Gasteiger partial charge in [0, 0.05) is 13.2 Å². The van der Waals surface area contributed by atoms with E-state index in [-0.39, 0.29) is 5.75 Å². The summed E-state index contributed by atoms with van der Waals surface area (Å²) in [5.74, 6) is -0.790. The molecule has 0 atom stereocenters. The number of hydrogen-bond acceptors (Lipinski definition) is 4. The second kappa shape index (κ2) is 5.69. The Labute approximate surface area is 127 Å². The topological polar surface area (TPSA) is 64.3 Å². The van der Waals surface area contributed by atoms with E-state index in [0.717, 1.165) is 29.0 Å². The number of fused-ring (bicyclic) bond motifs is 1. The van der Waals surface area contributed by atoms with E-state index in [9.17, 15) is 4.79 Å². The third-order valence-corrected chi connectivity index (χ3v) is 4.91. The van der Waals surface area contributed by atoms with E-state index in [1.165, 1.54) is 17.3 Å². The fourth-order valence-electron chi connectivity index (χ4n) is 2.81. The van der Waals surface area contributed by atoms with Crippen LogP contribution in [-0.2, 0) is 9.53 Å². The number of para-hydroxylation sites is 1. The molecule has 0 radical (unpaired) electrons. The minimum Gasteiger partial charge on any atom is -0.481 e. The molecule has 21 heavy (non-hydrogen) atoms. The number of carboxylic acids is 1. The van der Waals surface area contributed by atoms with Crippen molar-refractivity contribution in [3.05, 3.63) is 23.8 Å². The molecule has 1 N–H and O–H groups in total. The fraction of sp³-hybridized carbons (Fsp3) is 0.467. The van der Waals surface area contributed by atoms with Crippen molar-refractivity contribution in [2.24, 2.45) is 0 Å². The number of imidazole rings is 1. The van der Waals surface area contributed by atoms with Crippen LogP contribution in [0.1, 0.15) is 24.4 Å². The largest absolute Gasteiger partial charge is 0.481 e. The Morgan fingerprint density at radius 3 is 2.95 bits per heavy atom. The highest BCUT2D eigenvalue weighted by molar-refractivity contribution is 7.99. The Morgan fingerprint density at radius 1 is 1.52 bits per heavy atom. The summed E-state index contributed by atoms with van der Waals surface area (Å²) < 4.78 is 7.56. The van der Waals surface area contributed by atoms with Gasteiger partial charge in [0.2, 0.25) is 0 Å². The van der Waals surface area contributed by atoms with Crippen LogP contribution < -0.4 is 0 Å². The third-order valence-electron chi connectivity index (χ3n) is 3.97. The van der Waals surface area contributed by atoms with Gasteiger partial charge in [-0.05, 0) is 31.4 Å².